The quantitative estimate of drug-likeness (QED) is 0.584. The van der Waals surface area contributed by atoms with Gasteiger partial charge in [0.05, 0.1) is 0 Å². The van der Waals surface area contributed by atoms with E-state index in [2.05, 4.69) is 9.55 Å². The molecule has 0 fully saturated rings. The van der Waals surface area contributed by atoms with Gasteiger partial charge in [0.2, 0.25) is 0 Å². The minimum absolute atomic E-state index is 0.641. The first kappa shape index (κ1) is 7.17. The highest BCUT2D eigenvalue weighted by Gasteiger charge is 2.09. The lowest BCUT2D eigenvalue weighted by Crippen LogP contribution is -1.98. The molecule has 3 heteroatoms. The summed E-state index contributed by atoms with van der Waals surface area (Å²) in [6.07, 6.45) is 6.86. The van der Waals surface area contributed by atoms with E-state index in [4.69, 9.17) is 11.6 Å². The topological polar surface area (TPSA) is 17.8 Å². The molecule has 0 saturated heterocycles. The minimum atomic E-state index is 0.641. The van der Waals surface area contributed by atoms with E-state index in [9.17, 15) is 0 Å². The second-order valence-corrected chi connectivity index (χ2v) is 3.37. The Morgan fingerprint density at radius 2 is 2.27 bits per heavy atom. The molecule has 1 aromatic rings. The number of halogens is 1. The van der Waals surface area contributed by atoms with Crippen LogP contribution in [0.3, 0.4) is 0 Å². The Balaban J connectivity index is 2.32. The molecule has 11 heavy (non-hydrogen) atoms. The van der Waals surface area contributed by atoms with Crippen molar-refractivity contribution in [3.63, 3.8) is 0 Å². The lowest BCUT2D eigenvalue weighted by atomic mass is 10.2. The highest BCUT2D eigenvalue weighted by Crippen LogP contribution is 2.16. The summed E-state index contributed by atoms with van der Waals surface area (Å²) >= 11 is 5.77. The average Bonchev–Trinajstić information content (AvgIpc) is 2.17. The van der Waals surface area contributed by atoms with Gasteiger partial charge in [0.15, 0.2) is 0 Å². The summed E-state index contributed by atoms with van der Waals surface area (Å²) in [6.45, 7) is 1.09. The zero-order chi connectivity index (χ0) is 7.68. The van der Waals surface area contributed by atoms with E-state index in [1.54, 1.807) is 0 Å². The van der Waals surface area contributed by atoms with E-state index in [1.165, 1.54) is 19.3 Å². The highest BCUT2D eigenvalue weighted by atomic mass is 35.5. The zero-order valence-electron chi connectivity index (χ0n) is 6.39. The molecule has 2 heterocycles. The third-order valence-corrected chi connectivity index (χ3v) is 2.31. The van der Waals surface area contributed by atoms with Crippen LogP contribution >= 0.6 is 11.6 Å². The Kier molecular flexibility index (Phi) is 1.86. The maximum atomic E-state index is 5.77. The van der Waals surface area contributed by atoms with E-state index in [0.29, 0.717) is 5.15 Å². The van der Waals surface area contributed by atoms with Crippen molar-refractivity contribution in [2.45, 2.75) is 32.2 Å². The van der Waals surface area contributed by atoms with Gasteiger partial charge in [-0.2, -0.15) is 0 Å². The molecule has 0 unspecified atom stereocenters. The third-order valence-electron chi connectivity index (χ3n) is 2.13. The molecule has 0 bridgehead atoms. The summed E-state index contributed by atoms with van der Waals surface area (Å²) in [7, 11) is 0. The summed E-state index contributed by atoms with van der Waals surface area (Å²) in [5, 5.41) is 0.641. The molecule has 0 atom stereocenters. The Morgan fingerprint density at radius 3 is 3.18 bits per heavy atom. The fourth-order valence-corrected chi connectivity index (χ4v) is 1.77. The molecule has 0 spiro atoms. The molecule has 0 saturated carbocycles. The van der Waals surface area contributed by atoms with E-state index >= 15 is 0 Å². The van der Waals surface area contributed by atoms with Crippen LogP contribution in [0.1, 0.15) is 25.1 Å². The number of imidazole rings is 1. The van der Waals surface area contributed by atoms with Gasteiger partial charge in [0, 0.05) is 19.2 Å². The molecule has 60 valence electrons. The smallest absolute Gasteiger partial charge is 0.147 e. The van der Waals surface area contributed by atoms with Gasteiger partial charge in [0.1, 0.15) is 11.0 Å². The largest absolute Gasteiger partial charge is 0.333 e. The molecule has 1 aliphatic heterocycles. The van der Waals surface area contributed by atoms with E-state index < -0.39 is 0 Å². The van der Waals surface area contributed by atoms with Gasteiger partial charge in [-0.05, 0) is 12.8 Å². The molecular formula is C8H11ClN2. The Morgan fingerprint density at radius 1 is 1.36 bits per heavy atom. The first-order valence-corrected chi connectivity index (χ1v) is 4.45. The van der Waals surface area contributed by atoms with Gasteiger partial charge in [-0.3, -0.25) is 0 Å². The summed E-state index contributed by atoms with van der Waals surface area (Å²) in [6, 6.07) is 0. The second-order valence-electron chi connectivity index (χ2n) is 2.98. The number of nitrogens with zero attached hydrogens (tertiary/aromatic N) is 2. The van der Waals surface area contributed by atoms with Crippen molar-refractivity contribution in [3.8, 4) is 0 Å². The van der Waals surface area contributed by atoms with Crippen LogP contribution in [0, 0.1) is 0 Å². The maximum absolute atomic E-state index is 5.77. The zero-order valence-corrected chi connectivity index (χ0v) is 7.14. The normalized spacial score (nSPS) is 17.5. The minimum Gasteiger partial charge on any atom is -0.333 e. The fourth-order valence-electron chi connectivity index (χ4n) is 1.55. The molecule has 1 aliphatic rings. The second kappa shape index (κ2) is 2.86. The van der Waals surface area contributed by atoms with Gasteiger partial charge >= 0.3 is 0 Å². The lowest BCUT2D eigenvalue weighted by Gasteiger charge is -1.98. The van der Waals surface area contributed by atoms with Crippen molar-refractivity contribution in [1.29, 1.82) is 0 Å². The van der Waals surface area contributed by atoms with Crippen molar-refractivity contribution in [2.24, 2.45) is 0 Å². The average molecular weight is 171 g/mol. The number of aromatic nitrogens is 2. The molecule has 2 rings (SSSR count). The van der Waals surface area contributed by atoms with Crippen LogP contribution in [0.2, 0.25) is 5.15 Å². The molecule has 0 amide bonds. The van der Waals surface area contributed by atoms with Crippen LogP contribution in [-0.4, -0.2) is 9.55 Å². The standard InChI is InChI=1S/C8H11ClN2/c9-7-6-11-5-3-1-2-4-8(11)10-7/h6H,1-5H2. The van der Waals surface area contributed by atoms with E-state index in [-0.39, 0.29) is 0 Å². The number of rotatable bonds is 0. The lowest BCUT2D eigenvalue weighted by molar-refractivity contribution is 0.634. The van der Waals surface area contributed by atoms with Crippen LogP contribution in [0.5, 0.6) is 0 Å². The maximum Gasteiger partial charge on any atom is 0.147 e. The Hall–Kier alpha value is -0.500. The van der Waals surface area contributed by atoms with Gasteiger partial charge in [-0.15, -0.1) is 0 Å². The molecule has 2 nitrogen and oxygen atoms in total. The molecule has 0 aromatic carbocycles. The van der Waals surface area contributed by atoms with Gasteiger partial charge < -0.3 is 4.57 Å². The Labute approximate surface area is 71.2 Å². The summed E-state index contributed by atoms with van der Waals surface area (Å²) in [5.41, 5.74) is 0. The first-order valence-electron chi connectivity index (χ1n) is 4.08. The van der Waals surface area contributed by atoms with Crippen LogP contribution < -0.4 is 0 Å². The van der Waals surface area contributed by atoms with Gasteiger partial charge in [0.25, 0.3) is 0 Å². The van der Waals surface area contributed by atoms with Crippen LogP contribution in [-0.2, 0) is 13.0 Å². The summed E-state index contributed by atoms with van der Waals surface area (Å²) < 4.78 is 2.18. The number of hydrogen-bond acceptors (Lipinski definition) is 1. The van der Waals surface area contributed by atoms with Crippen molar-refractivity contribution in [2.75, 3.05) is 0 Å². The molecule has 0 aliphatic carbocycles. The first-order chi connectivity index (χ1) is 5.36. The van der Waals surface area contributed by atoms with Crippen molar-refractivity contribution >= 4 is 11.6 Å². The van der Waals surface area contributed by atoms with Gasteiger partial charge in [-0.25, -0.2) is 4.98 Å². The van der Waals surface area contributed by atoms with Crippen LogP contribution in [0.15, 0.2) is 6.20 Å². The summed E-state index contributed by atoms with van der Waals surface area (Å²) in [5.74, 6) is 1.16. The third kappa shape index (κ3) is 1.41. The summed E-state index contributed by atoms with van der Waals surface area (Å²) in [4.78, 5) is 4.24. The van der Waals surface area contributed by atoms with Gasteiger partial charge in [-0.1, -0.05) is 18.0 Å². The predicted molar refractivity (Wildman–Crippen MR) is 44.8 cm³/mol. The monoisotopic (exact) mass is 170 g/mol. The number of aryl methyl sites for hydroxylation is 2. The molecule has 0 radical (unpaired) electrons. The number of fused-ring (bicyclic) bond motifs is 1. The van der Waals surface area contributed by atoms with Crippen LogP contribution in [0.4, 0.5) is 0 Å². The fraction of sp³-hybridized carbons (Fsp3) is 0.625. The predicted octanol–water partition coefficient (Wildman–Crippen LogP) is 2.26. The number of hydrogen-bond donors (Lipinski definition) is 0. The van der Waals surface area contributed by atoms with Crippen molar-refractivity contribution in [3.05, 3.63) is 17.2 Å². The SMILES string of the molecule is Clc1cn2c(n1)CCCCC2. The molecule has 1 aromatic heterocycles. The molecule has 0 N–H and O–H groups in total. The highest BCUT2D eigenvalue weighted by molar-refractivity contribution is 6.29. The van der Waals surface area contributed by atoms with E-state index in [0.717, 1.165) is 18.8 Å². The van der Waals surface area contributed by atoms with Crippen molar-refractivity contribution in [1.82, 2.24) is 9.55 Å². The Bertz CT molecular complexity index is 231. The molecular weight excluding hydrogens is 160 g/mol. The van der Waals surface area contributed by atoms with E-state index in [1.807, 2.05) is 6.20 Å². The van der Waals surface area contributed by atoms with Crippen molar-refractivity contribution < 1.29 is 0 Å². The van der Waals surface area contributed by atoms with Crippen LogP contribution in [0.25, 0.3) is 0 Å².